The van der Waals surface area contributed by atoms with Crippen molar-refractivity contribution in [2.75, 3.05) is 0 Å². The summed E-state index contributed by atoms with van der Waals surface area (Å²) < 4.78 is 36.8. The Bertz CT molecular complexity index is 559. The maximum Gasteiger partial charge on any atom is 0.420 e. The summed E-state index contributed by atoms with van der Waals surface area (Å²) in [5, 5.41) is 9.90. The third kappa shape index (κ3) is 2.48. The van der Waals surface area contributed by atoms with Crippen LogP contribution >= 0.6 is 11.6 Å². The van der Waals surface area contributed by atoms with Crippen LogP contribution in [0.1, 0.15) is 11.8 Å². The summed E-state index contributed by atoms with van der Waals surface area (Å²) in [4.78, 5) is 7.40. The third-order valence-corrected chi connectivity index (χ3v) is 2.35. The zero-order chi connectivity index (χ0) is 12.6. The molecule has 0 aliphatic heterocycles. The first kappa shape index (κ1) is 12.1. The fourth-order valence-corrected chi connectivity index (χ4v) is 1.49. The number of nitrogens with zero attached hydrogens (tertiary/aromatic N) is 2. The minimum atomic E-state index is -4.74. The van der Waals surface area contributed by atoms with E-state index in [9.17, 15) is 13.2 Å². The first-order valence-electron chi connectivity index (χ1n) is 4.54. The number of pyridine rings is 2. The van der Waals surface area contributed by atoms with Gasteiger partial charge in [-0.25, -0.2) is 0 Å². The molecular formula is C10H6ClF3N2O. The molecule has 0 fully saturated rings. The van der Waals surface area contributed by atoms with E-state index < -0.39 is 18.0 Å². The summed E-state index contributed by atoms with van der Waals surface area (Å²) in [6.45, 7) is 0. The van der Waals surface area contributed by atoms with Crippen molar-refractivity contribution in [3.63, 3.8) is 0 Å². The van der Waals surface area contributed by atoms with Crippen LogP contribution in [0.15, 0.2) is 24.5 Å². The Morgan fingerprint density at radius 1 is 1.18 bits per heavy atom. The van der Waals surface area contributed by atoms with E-state index in [2.05, 4.69) is 9.97 Å². The van der Waals surface area contributed by atoms with Crippen LogP contribution in [0.3, 0.4) is 0 Å². The fourth-order valence-electron chi connectivity index (χ4n) is 1.33. The molecule has 90 valence electrons. The number of fused-ring (bicyclic) bond motifs is 1. The second-order valence-corrected chi connectivity index (χ2v) is 3.84. The summed E-state index contributed by atoms with van der Waals surface area (Å²) in [6, 6.07) is 2.62. The average Bonchev–Trinajstić information content (AvgIpc) is 2.26. The van der Waals surface area contributed by atoms with Gasteiger partial charge in [0.05, 0.1) is 16.2 Å². The summed E-state index contributed by atoms with van der Waals surface area (Å²) in [5.74, 6) is 0. The first-order valence-corrected chi connectivity index (χ1v) is 4.92. The van der Waals surface area contributed by atoms with Gasteiger partial charge in [0.2, 0.25) is 0 Å². The zero-order valence-corrected chi connectivity index (χ0v) is 9.00. The predicted octanol–water partition coefficient (Wildman–Crippen LogP) is 2.88. The SMILES string of the molecule is OC(c1cc2ncc(Cl)cc2cn1)C(F)(F)F. The Balaban J connectivity index is 2.48. The Kier molecular flexibility index (Phi) is 2.92. The molecule has 0 saturated carbocycles. The molecule has 0 amide bonds. The van der Waals surface area contributed by atoms with Crippen molar-refractivity contribution in [1.29, 1.82) is 0 Å². The Morgan fingerprint density at radius 2 is 1.88 bits per heavy atom. The number of alkyl halides is 3. The van der Waals surface area contributed by atoms with Crippen LogP contribution in [0.2, 0.25) is 5.02 Å². The molecule has 0 bridgehead atoms. The lowest BCUT2D eigenvalue weighted by Gasteiger charge is -2.13. The van der Waals surface area contributed by atoms with E-state index in [1.807, 2.05) is 0 Å². The molecule has 0 aliphatic rings. The van der Waals surface area contributed by atoms with Crippen LogP contribution in [0, 0.1) is 0 Å². The van der Waals surface area contributed by atoms with Gasteiger partial charge in [-0.1, -0.05) is 11.6 Å². The van der Waals surface area contributed by atoms with Crippen molar-refractivity contribution in [3.8, 4) is 0 Å². The highest BCUT2D eigenvalue weighted by Crippen LogP contribution is 2.32. The second kappa shape index (κ2) is 4.12. The molecule has 7 heteroatoms. The largest absolute Gasteiger partial charge is 0.420 e. The molecule has 0 aromatic carbocycles. The quantitative estimate of drug-likeness (QED) is 0.859. The number of hydrogen-bond acceptors (Lipinski definition) is 3. The summed E-state index contributed by atoms with van der Waals surface area (Å²) in [6.07, 6.45) is -4.84. The van der Waals surface area contributed by atoms with Gasteiger partial charge >= 0.3 is 6.18 Å². The monoisotopic (exact) mass is 262 g/mol. The summed E-state index contributed by atoms with van der Waals surface area (Å²) >= 11 is 5.67. The van der Waals surface area contributed by atoms with Crippen molar-refractivity contribution >= 4 is 22.5 Å². The van der Waals surface area contributed by atoms with Gasteiger partial charge in [0.25, 0.3) is 0 Å². The fraction of sp³-hybridized carbons (Fsp3) is 0.200. The topological polar surface area (TPSA) is 46.0 Å². The Labute approximate surface area is 98.9 Å². The van der Waals surface area contributed by atoms with Crippen molar-refractivity contribution in [2.24, 2.45) is 0 Å². The van der Waals surface area contributed by atoms with Crippen molar-refractivity contribution in [1.82, 2.24) is 9.97 Å². The van der Waals surface area contributed by atoms with E-state index in [0.29, 0.717) is 15.9 Å². The Hall–Kier alpha value is -1.40. The lowest BCUT2D eigenvalue weighted by Crippen LogP contribution is -2.21. The molecule has 2 rings (SSSR count). The number of aliphatic hydroxyl groups excluding tert-OH is 1. The lowest BCUT2D eigenvalue weighted by molar-refractivity contribution is -0.207. The summed E-state index contributed by atoms with van der Waals surface area (Å²) in [5.41, 5.74) is -0.192. The minimum Gasteiger partial charge on any atom is -0.378 e. The first-order chi connectivity index (χ1) is 7.88. The molecule has 1 N–H and O–H groups in total. The van der Waals surface area contributed by atoms with Gasteiger partial charge in [-0.2, -0.15) is 13.2 Å². The normalized spacial score (nSPS) is 13.9. The molecule has 1 unspecified atom stereocenters. The predicted molar refractivity (Wildman–Crippen MR) is 55.6 cm³/mol. The van der Waals surface area contributed by atoms with E-state index >= 15 is 0 Å². The van der Waals surface area contributed by atoms with Crippen molar-refractivity contribution < 1.29 is 18.3 Å². The molecule has 1 atom stereocenters. The van der Waals surface area contributed by atoms with Gasteiger partial charge in [0.15, 0.2) is 6.10 Å². The number of halogens is 4. The molecule has 0 radical (unpaired) electrons. The van der Waals surface area contributed by atoms with Gasteiger partial charge < -0.3 is 5.11 Å². The van der Waals surface area contributed by atoms with E-state index in [4.69, 9.17) is 16.7 Å². The highest BCUT2D eigenvalue weighted by atomic mass is 35.5. The van der Waals surface area contributed by atoms with Gasteiger partial charge in [0.1, 0.15) is 0 Å². The van der Waals surface area contributed by atoms with E-state index in [1.54, 1.807) is 0 Å². The minimum absolute atomic E-state index is 0.294. The molecule has 3 nitrogen and oxygen atoms in total. The Morgan fingerprint density at radius 3 is 2.53 bits per heavy atom. The van der Waals surface area contributed by atoms with Crippen LogP contribution in [-0.4, -0.2) is 21.3 Å². The van der Waals surface area contributed by atoms with E-state index in [0.717, 1.165) is 6.07 Å². The molecule has 17 heavy (non-hydrogen) atoms. The molecule has 0 aliphatic carbocycles. The van der Waals surface area contributed by atoms with E-state index in [1.165, 1.54) is 18.5 Å². The van der Waals surface area contributed by atoms with E-state index in [-0.39, 0.29) is 0 Å². The van der Waals surface area contributed by atoms with Crippen molar-refractivity contribution in [2.45, 2.75) is 12.3 Å². The van der Waals surface area contributed by atoms with Gasteiger partial charge in [0, 0.05) is 17.8 Å². The van der Waals surface area contributed by atoms with Crippen LogP contribution < -0.4 is 0 Å². The average molecular weight is 263 g/mol. The smallest absolute Gasteiger partial charge is 0.378 e. The van der Waals surface area contributed by atoms with Gasteiger partial charge in [-0.3, -0.25) is 9.97 Å². The number of aliphatic hydroxyl groups is 1. The maximum atomic E-state index is 12.3. The molecule has 0 saturated heterocycles. The molecule has 2 heterocycles. The number of aromatic nitrogens is 2. The van der Waals surface area contributed by atoms with Crippen LogP contribution in [0.5, 0.6) is 0 Å². The summed E-state index contributed by atoms with van der Waals surface area (Å²) in [7, 11) is 0. The van der Waals surface area contributed by atoms with Gasteiger partial charge in [-0.05, 0) is 12.1 Å². The lowest BCUT2D eigenvalue weighted by atomic mass is 10.2. The highest BCUT2D eigenvalue weighted by molar-refractivity contribution is 6.31. The maximum absolute atomic E-state index is 12.3. The number of rotatable bonds is 1. The highest BCUT2D eigenvalue weighted by Gasteiger charge is 2.40. The molecule has 2 aromatic heterocycles. The van der Waals surface area contributed by atoms with Crippen LogP contribution in [0.25, 0.3) is 10.9 Å². The van der Waals surface area contributed by atoms with Crippen molar-refractivity contribution in [3.05, 3.63) is 35.2 Å². The number of hydrogen-bond donors (Lipinski definition) is 1. The second-order valence-electron chi connectivity index (χ2n) is 3.40. The third-order valence-electron chi connectivity index (χ3n) is 2.14. The standard InChI is InChI=1S/C10H6ClF3N2O/c11-6-1-5-3-15-8(2-7(5)16-4-6)9(17)10(12,13)14/h1-4,9,17H. The van der Waals surface area contributed by atoms with Crippen LogP contribution in [0.4, 0.5) is 13.2 Å². The van der Waals surface area contributed by atoms with Gasteiger partial charge in [-0.15, -0.1) is 0 Å². The molecule has 0 spiro atoms. The molecular weight excluding hydrogens is 257 g/mol. The zero-order valence-electron chi connectivity index (χ0n) is 8.24. The molecule has 2 aromatic rings. The van der Waals surface area contributed by atoms with Crippen LogP contribution in [-0.2, 0) is 0 Å².